The van der Waals surface area contributed by atoms with Gasteiger partial charge < -0.3 is 10.5 Å². The molecular weight excluding hydrogens is 174 g/mol. The summed E-state index contributed by atoms with van der Waals surface area (Å²) >= 11 is 0. The number of hydrogen-bond acceptors (Lipinski definition) is 2. The fraction of sp³-hybridized carbons (Fsp3) is 0.333. The highest BCUT2D eigenvalue weighted by Gasteiger charge is 2.02. The van der Waals surface area contributed by atoms with E-state index in [4.69, 9.17) is 17.3 Å². The first-order valence-electron chi connectivity index (χ1n) is 6.73. The lowest BCUT2D eigenvalue weighted by molar-refractivity contribution is 0.410. The van der Waals surface area contributed by atoms with Gasteiger partial charge in [-0.2, -0.15) is 0 Å². The standard InChI is InChI=1S/C12H17NO/c1-3-4-11-6-5-10(7-8-13)9-12(11)14-2/h3,5-6,9H,1,4,7-8,13H2,2H3/i5D,7D2,8D2. The predicted molar refractivity (Wildman–Crippen MR) is 59.7 cm³/mol. The van der Waals surface area contributed by atoms with Crippen molar-refractivity contribution in [2.24, 2.45) is 5.73 Å². The summed E-state index contributed by atoms with van der Waals surface area (Å²) in [7, 11) is 1.43. The molecule has 0 heterocycles. The zero-order chi connectivity index (χ0) is 14.8. The van der Waals surface area contributed by atoms with E-state index >= 15 is 0 Å². The average Bonchev–Trinajstić information content (AvgIpc) is 2.27. The molecule has 0 amide bonds. The minimum absolute atomic E-state index is 0.114. The average molecular weight is 196 g/mol. The summed E-state index contributed by atoms with van der Waals surface area (Å²) < 4.78 is 43.3. The van der Waals surface area contributed by atoms with Crippen molar-refractivity contribution >= 4 is 0 Å². The van der Waals surface area contributed by atoms with Crippen LogP contribution in [0.4, 0.5) is 0 Å². The van der Waals surface area contributed by atoms with Gasteiger partial charge >= 0.3 is 0 Å². The van der Waals surface area contributed by atoms with E-state index in [0.717, 1.165) is 0 Å². The molecule has 0 aliphatic heterocycles. The molecule has 0 radical (unpaired) electrons. The lowest BCUT2D eigenvalue weighted by Crippen LogP contribution is -2.03. The van der Waals surface area contributed by atoms with E-state index in [1.165, 1.54) is 19.2 Å². The summed E-state index contributed by atoms with van der Waals surface area (Å²) in [4.78, 5) is 0. The van der Waals surface area contributed by atoms with Gasteiger partial charge in [0, 0.05) is 5.48 Å². The molecule has 0 aliphatic carbocycles. The molecule has 0 saturated heterocycles. The van der Waals surface area contributed by atoms with Gasteiger partial charge in [0.2, 0.25) is 0 Å². The van der Waals surface area contributed by atoms with E-state index in [-0.39, 0.29) is 11.6 Å². The highest BCUT2D eigenvalue weighted by molar-refractivity contribution is 5.38. The number of ether oxygens (including phenoxy) is 1. The zero-order valence-corrected chi connectivity index (χ0v) is 8.13. The Hall–Kier alpha value is -1.28. The fourth-order valence-corrected chi connectivity index (χ4v) is 1.16. The molecule has 0 spiro atoms. The summed E-state index contributed by atoms with van der Waals surface area (Å²) in [5, 5.41) is 0. The SMILES string of the molecule is [2H]c1cc(CC=C)c(OC)cc1C([2H])([2H])C([2H])([2H])N. The predicted octanol–water partition coefficient (Wildman–Crippen LogP) is 1.92. The van der Waals surface area contributed by atoms with E-state index in [1.54, 1.807) is 6.08 Å². The number of methoxy groups -OCH3 is 1. The maximum Gasteiger partial charge on any atom is 0.122 e. The van der Waals surface area contributed by atoms with E-state index in [0.29, 0.717) is 17.7 Å². The summed E-state index contributed by atoms with van der Waals surface area (Å²) in [5.41, 5.74) is 5.78. The van der Waals surface area contributed by atoms with Gasteiger partial charge in [-0.3, -0.25) is 0 Å². The first-order chi connectivity index (χ1) is 8.65. The quantitative estimate of drug-likeness (QED) is 0.730. The smallest absolute Gasteiger partial charge is 0.122 e. The van der Waals surface area contributed by atoms with Crippen LogP contribution in [0.5, 0.6) is 5.75 Å². The third-order valence-electron chi connectivity index (χ3n) is 1.78. The molecule has 0 bridgehead atoms. The molecule has 1 rings (SSSR count). The number of hydrogen-bond donors (Lipinski definition) is 1. The summed E-state index contributed by atoms with van der Waals surface area (Å²) in [6, 6.07) is 2.66. The van der Waals surface area contributed by atoms with E-state index in [9.17, 15) is 0 Å². The Morgan fingerprint density at radius 3 is 3.14 bits per heavy atom. The number of nitrogens with two attached hydrogens (primary N) is 1. The summed E-state index contributed by atoms with van der Waals surface area (Å²) in [6.07, 6.45) is -0.355. The normalized spacial score (nSPS) is 17.1. The van der Waals surface area contributed by atoms with E-state index in [1.807, 2.05) is 0 Å². The minimum atomic E-state index is -2.59. The molecule has 1 aromatic carbocycles. The molecule has 0 saturated carbocycles. The Balaban J connectivity index is 3.42. The summed E-state index contributed by atoms with van der Waals surface area (Å²) in [6.45, 7) is 1.01. The number of benzene rings is 1. The van der Waals surface area contributed by atoms with Gasteiger partial charge in [-0.25, -0.2) is 0 Å². The van der Waals surface area contributed by atoms with Gasteiger partial charge in [0.1, 0.15) is 5.75 Å². The van der Waals surface area contributed by atoms with Crippen LogP contribution >= 0.6 is 0 Å². The molecule has 2 nitrogen and oxygen atoms in total. The van der Waals surface area contributed by atoms with Gasteiger partial charge in [-0.1, -0.05) is 18.2 Å². The molecule has 2 N–H and O–H groups in total. The molecular formula is C12H17NO. The summed E-state index contributed by atoms with van der Waals surface area (Å²) in [5.74, 6) is 0.388. The topological polar surface area (TPSA) is 35.2 Å². The highest BCUT2D eigenvalue weighted by atomic mass is 16.5. The highest BCUT2D eigenvalue weighted by Crippen LogP contribution is 2.21. The second-order valence-electron chi connectivity index (χ2n) is 2.70. The Bertz CT molecular complexity index is 482. The molecule has 14 heavy (non-hydrogen) atoms. The first kappa shape index (κ1) is 5.56. The third kappa shape index (κ3) is 2.60. The van der Waals surface area contributed by atoms with Gasteiger partial charge in [-0.15, -0.1) is 6.58 Å². The molecule has 0 aromatic heterocycles. The van der Waals surface area contributed by atoms with E-state index < -0.39 is 12.9 Å². The Labute approximate surface area is 92.4 Å². The first-order valence-corrected chi connectivity index (χ1v) is 4.23. The van der Waals surface area contributed by atoms with Crippen molar-refractivity contribution in [2.45, 2.75) is 12.8 Å². The van der Waals surface area contributed by atoms with Crippen LogP contribution in [-0.2, 0) is 12.8 Å². The van der Waals surface area contributed by atoms with Crippen LogP contribution in [0.15, 0.2) is 30.8 Å². The van der Waals surface area contributed by atoms with Gasteiger partial charge in [0.05, 0.1) is 8.48 Å². The van der Waals surface area contributed by atoms with Crippen molar-refractivity contribution in [1.82, 2.24) is 0 Å². The second-order valence-corrected chi connectivity index (χ2v) is 2.70. The van der Waals surface area contributed by atoms with Crippen LogP contribution in [0.3, 0.4) is 0 Å². The van der Waals surface area contributed by atoms with Crippen molar-refractivity contribution < 1.29 is 11.6 Å². The van der Waals surface area contributed by atoms with Crippen LogP contribution in [0.2, 0.25) is 0 Å². The molecule has 0 aliphatic rings. The fourth-order valence-electron chi connectivity index (χ4n) is 1.16. The van der Waals surface area contributed by atoms with Crippen molar-refractivity contribution in [3.63, 3.8) is 0 Å². The maximum atomic E-state index is 7.85. The lowest BCUT2D eigenvalue weighted by Gasteiger charge is -2.08. The maximum absolute atomic E-state index is 7.85. The van der Waals surface area contributed by atoms with Crippen molar-refractivity contribution in [3.8, 4) is 5.75 Å². The van der Waals surface area contributed by atoms with Crippen LogP contribution in [0.1, 0.15) is 18.0 Å². The molecule has 76 valence electrons. The van der Waals surface area contributed by atoms with Crippen LogP contribution in [0.25, 0.3) is 0 Å². The Morgan fingerprint density at radius 1 is 1.79 bits per heavy atom. The lowest BCUT2D eigenvalue weighted by atomic mass is 10.1. The molecule has 0 unspecified atom stereocenters. The third-order valence-corrected chi connectivity index (χ3v) is 1.78. The number of rotatable bonds is 5. The largest absolute Gasteiger partial charge is 0.496 e. The monoisotopic (exact) mass is 196 g/mol. The Morgan fingerprint density at radius 2 is 2.57 bits per heavy atom. The second kappa shape index (κ2) is 5.45. The van der Waals surface area contributed by atoms with Gasteiger partial charge in [0.15, 0.2) is 0 Å². The van der Waals surface area contributed by atoms with Crippen molar-refractivity contribution in [1.29, 1.82) is 0 Å². The van der Waals surface area contributed by atoms with Crippen molar-refractivity contribution in [3.05, 3.63) is 42.0 Å². The van der Waals surface area contributed by atoms with Crippen molar-refractivity contribution in [2.75, 3.05) is 13.6 Å². The molecule has 1 aromatic rings. The molecule has 0 fully saturated rings. The number of aryl methyl sites for hydroxylation is 1. The molecule has 0 atom stereocenters. The van der Waals surface area contributed by atoms with Crippen LogP contribution < -0.4 is 10.5 Å². The zero-order valence-electron chi connectivity index (χ0n) is 13.1. The Kier molecular flexibility index (Phi) is 2.17. The van der Waals surface area contributed by atoms with Crippen LogP contribution in [0, 0.1) is 0 Å². The minimum Gasteiger partial charge on any atom is -0.496 e. The number of allylic oxidation sites excluding steroid dienone is 1. The van der Waals surface area contributed by atoms with Crippen LogP contribution in [-0.4, -0.2) is 13.6 Å². The van der Waals surface area contributed by atoms with Gasteiger partial charge in [0.25, 0.3) is 0 Å². The van der Waals surface area contributed by atoms with Gasteiger partial charge in [-0.05, 0) is 36.5 Å². The van der Waals surface area contributed by atoms with E-state index in [2.05, 4.69) is 6.58 Å². The molecule has 2 heteroatoms.